The summed E-state index contributed by atoms with van der Waals surface area (Å²) in [5.41, 5.74) is 2.26. The molecule has 1 amide bonds. The van der Waals surface area contributed by atoms with Crippen molar-refractivity contribution in [2.24, 2.45) is 5.92 Å². The van der Waals surface area contributed by atoms with E-state index in [0.29, 0.717) is 54.0 Å². The maximum atomic E-state index is 12.8. The first-order valence-electron chi connectivity index (χ1n) is 12.3. The summed E-state index contributed by atoms with van der Waals surface area (Å²) in [4.78, 5) is 21.3. The molecule has 5 rings (SSSR count). The van der Waals surface area contributed by atoms with Gasteiger partial charge >= 0.3 is 6.09 Å². The first kappa shape index (κ1) is 24.3. The van der Waals surface area contributed by atoms with Gasteiger partial charge in [-0.1, -0.05) is 0 Å². The van der Waals surface area contributed by atoms with Crippen molar-refractivity contribution in [2.45, 2.75) is 52.2 Å². The summed E-state index contributed by atoms with van der Waals surface area (Å²) in [5, 5.41) is 9.05. The van der Waals surface area contributed by atoms with Crippen LogP contribution in [0.1, 0.15) is 39.5 Å². The minimum atomic E-state index is -0.511. The van der Waals surface area contributed by atoms with Gasteiger partial charge in [-0.15, -0.1) is 10.2 Å². The number of benzene rings is 1. The number of aryl methyl sites for hydroxylation is 1. The lowest BCUT2D eigenvalue weighted by atomic mass is 10.1. The molecule has 0 bridgehead atoms. The van der Waals surface area contributed by atoms with Crippen LogP contribution in [0.2, 0.25) is 0 Å². The molecule has 1 saturated heterocycles. The second-order valence-electron chi connectivity index (χ2n) is 10.4. The molecule has 2 aliphatic rings. The molecule has 192 valence electrons. The van der Waals surface area contributed by atoms with Crippen LogP contribution in [-0.4, -0.2) is 71.4 Å². The Bertz CT molecular complexity index is 1230. The maximum Gasteiger partial charge on any atom is 0.410 e. The highest BCUT2D eigenvalue weighted by atomic mass is 16.7. The maximum absolute atomic E-state index is 12.8. The minimum absolute atomic E-state index is 0.103. The highest BCUT2D eigenvalue weighted by Crippen LogP contribution is 2.38. The van der Waals surface area contributed by atoms with Gasteiger partial charge in [0.05, 0.1) is 11.7 Å². The molecular weight excluding hydrogens is 462 g/mol. The molecule has 2 aromatic heterocycles. The molecule has 0 spiro atoms. The van der Waals surface area contributed by atoms with Gasteiger partial charge in [0.2, 0.25) is 0 Å². The Balaban J connectivity index is 1.36. The van der Waals surface area contributed by atoms with E-state index < -0.39 is 5.60 Å². The number of nitrogens with zero attached hydrogens (tertiary/aromatic N) is 5. The van der Waals surface area contributed by atoms with Crippen LogP contribution in [0.25, 0.3) is 22.4 Å². The molecule has 10 heteroatoms. The predicted molar refractivity (Wildman–Crippen MR) is 134 cm³/mol. The van der Waals surface area contributed by atoms with Crippen molar-refractivity contribution in [1.29, 1.82) is 0 Å². The van der Waals surface area contributed by atoms with E-state index >= 15 is 0 Å². The molecule has 1 aliphatic carbocycles. The minimum Gasteiger partial charge on any atom is -0.467 e. The molecule has 1 saturated carbocycles. The van der Waals surface area contributed by atoms with Gasteiger partial charge in [0.15, 0.2) is 24.1 Å². The fraction of sp³-hybridized carbons (Fsp3) is 0.538. The summed E-state index contributed by atoms with van der Waals surface area (Å²) in [6, 6.07) is 7.70. The first-order valence-corrected chi connectivity index (χ1v) is 12.3. The van der Waals surface area contributed by atoms with Crippen molar-refractivity contribution in [3.05, 3.63) is 30.2 Å². The standard InChI is InChI=1S/C26H33N5O5/c1-16-27-20-13-22(34-15-33-5)18(12-23(20)35-16)19-8-9-24(29-28-19)30-10-11-31(21(14-30)17-6-7-17)25(32)36-26(2,3)4/h8-9,12-13,17,21H,6-7,10-11,14-15H2,1-5H3. The largest absolute Gasteiger partial charge is 0.467 e. The number of amides is 1. The number of fused-ring (bicyclic) bond motifs is 1. The molecular formula is C26H33N5O5. The van der Waals surface area contributed by atoms with E-state index in [2.05, 4.69) is 20.1 Å². The van der Waals surface area contributed by atoms with Crippen molar-refractivity contribution < 1.29 is 23.4 Å². The van der Waals surface area contributed by atoms with E-state index in [4.69, 9.17) is 18.6 Å². The molecule has 0 radical (unpaired) electrons. The number of methoxy groups -OCH3 is 1. The third-order valence-corrected chi connectivity index (χ3v) is 6.39. The predicted octanol–water partition coefficient (Wildman–Crippen LogP) is 4.41. The Morgan fingerprint density at radius 3 is 2.64 bits per heavy atom. The number of carbonyl (C=O) groups excluding carboxylic acids is 1. The summed E-state index contributed by atoms with van der Waals surface area (Å²) in [5.74, 6) is 2.46. The quantitative estimate of drug-likeness (QED) is 0.460. The average molecular weight is 496 g/mol. The average Bonchev–Trinajstić information content (AvgIpc) is 3.62. The third-order valence-electron chi connectivity index (χ3n) is 6.39. The second kappa shape index (κ2) is 9.57. The smallest absolute Gasteiger partial charge is 0.410 e. The van der Waals surface area contributed by atoms with Crippen molar-refractivity contribution in [1.82, 2.24) is 20.1 Å². The number of hydrogen-bond donors (Lipinski definition) is 0. The zero-order valence-electron chi connectivity index (χ0n) is 21.5. The Labute approximate surface area is 210 Å². The second-order valence-corrected chi connectivity index (χ2v) is 10.4. The summed E-state index contributed by atoms with van der Waals surface area (Å²) in [6.07, 6.45) is 2.04. The fourth-order valence-electron chi connectivity index (χ4n) is 4.60. The highest BCUT2D eigenvalue weighted by molar-refractivity contribution is 5.84. The van der Waals surface area contributed by atoms with Crippen LogP contribution < -0.4 is 9.64 Å². The highest BCUT2D eigenvalue weighted by Gasteiger charge is 2.42. The molecule has 1 unspecified atom stereocenters. The number of oxazole rings is 1. The van der Waals surface area contributed by atoms with E-state index in [-0.39, 0.29) is 18.9 Å². The SMILES string of the molecule is COCOc1cc2nc(C)oc2cc1-c1ccc(N2CCN(C(=O)OC(C)(C)C)C(C3CC3)C2)nn1. The zero-order chi connectivity index (χ0) is 25.4. The number of carbonyl (C=O) groups is 1. The number of piperazine rings is 1. The summed E-state index contributed by atoms with van der Waals surface area (Å²) >= 11 is 0. The molecule has 3 aromatic rings. The first-order chi connectivity index (χ1) is 17.2. The van der Waals surface area contributed by atoms with Crippen molar-refractivity contribution in [3.63, 3.8) is 0 Å². The van der Waals surface area contributed by atoms with Gasteiger partial charge in [-0.3, -0.25) is 0 Å². The van der Waals surface area contributed by atoms with Crippen molar-refractivity contribution >= 4 is 23.0 Å². The van der Waals surface area contributed by atoms with Gasteiger partial charge in [0.1, 0.15) is 16.9 Å². The summed E-state index contributed by atoms with van der Waals surface area (Å²) < 4.78 is 22.3. The molecule has 2 fully saturated rings. The van der Waals surface area contributed by atoms with Crippen LogP contribution in [0.4, 0.5) is 10.6 Å². The van der Waals surface area contributed by atoms with Crippen LogP contribution in [0.5, 0.6) is 5.75 Å². The third kappa shape index (κ3) is 5.23. The van der Waals surface area contributed by atoms with Gasteiger partial charge < -0.3 is 28.4 Å². The summed E-state index contributed by atoms with van der Waals surface area (Å²) in [7, 11) is 1.57. The molecule has 0 N–H and O–H groups in total. The Hall–Kier alpha value is -3.40. The van der Waals surface area contributed by atoms with E-state index in [9.17, 15) is 4.79 Å². The van der Waals surface area contributed by atoms with E-state index in [1.165, 1.54) is 0 Å². The van der Waals surface area contributed by atoms with Crippen LogP contribution in [-0.2, 0) is 9.47 Å². The Morgan fingerprint density at radius 1 is 1.17 bits per heavy atom. The number of hydrogen-bond acceptors (Lipinski definition) is 9. The van der Waals surface area contributed by atoms with Gasteiger partial charge in [-0.2, -0.15) is 0 Å². The number of anilines is 1. The number of aromatic nitrogens is 3. The Morgan fingerprint density at radius 2 is 1.97 bits per heavy atom. The lowest BCUT2D eigenvalue weighted by Gasteiger charge is -2.42. The zero-order valence-corrected chi connectivity index (χ0v) is 21.5. The van der Waals surface area contributed by atoms with Crippen LogP contribution in [0, 0.1) is 12.8 Å². The lowest BCUT2D eigenvalue weighted by molar-refractivity contribution is 0.0116. The van der Waals surface area contributed by atoms with Crippen LogP contribution in [0.3, 0.4) is 0 Å². The van der Waals surface area contributed by atoms with E-state index in [1.54, 1.807) is 14.0 Å². The van der Waals surface area contributed by atoms with Crippen molar-refractivity contribution in [3.8, 4) is 17.0 Å². The van der Waals surface area contributed by atoms with Crippen LogP contribution in [0.15, 0.2) is 28.7 Å². The van der Waals surface area contributed by atoms with E-state index in [0.717, 1.165) is 24.2 Å². The topological polar surface area (TPSA) is 103 Å². The molecule has 10 nitrogen and oxygen atoms in total. The molecule has 1 aliphatic heterocycles. The monoisotopic (exact) mass is 495 g/mol. The van der Waals surface area contributed by atoms with Gasteiger partial charge in [0, 0.05) is 45.3 Å². The fourth-order valence-corrected chi connectivity index (χ4v) is 4.60. The van der Waals surface area contributed by atoms with Gasteiger partial charge in [-0.05, 0) is 57.7 Å². The lowest BCUT2D eigenvalue weighted by Crippen LogP contribution is -2.57. The Kier molecular flexibility index (Phi) is 6.46. The molecule has 36 heavy (non-hydrogen) atoms. The molecule has 1 atom stereocenters. The van der Waals surface area contributed by atoms with Gasteiger partial charge in [0.25, 0.3) is 0 Å². The normalized spacial score (nSPS) is 18.5. The number of rotatable bonds is 6. The number of ether oxygens (including phenoxy) is 3. The van der Waals surface area contributed by atoms with E-state index in [1.807, 2.05) is 49.9 Å². The molecule has 3 heterocycles. The molecule has 1 aromatic carbocycles. The summed E-state index contributed by atoms with van der Waals surface area (Å²) in [6.45, 7) is 9.58. The van der Waals surface area contributed by atoms with Gasteiger partial charge in [-0.25, -0.2) is 9.78 Å². The van der Waals surface area contributed by atoms with Crippen LogP contribution >= 0.6 is 0 Å². The van der Waals surface area contributed by atoms with Crippen molar-refractivity contribution in [2.75, 3.05) is 38.4 Å².